The molecule has 2 aromatic carbocycles. The third-order valence-corrected chi connectivity index (χ3v) is 5.27. The lowest BCUT2D eigenvalue weighted by Gasteiger charge is -2.18. The van der Waals surface area contributed by atoms with Crippen LogP contribution in [0.15, 0.2) is 42.5 Å². The van der Waals surface area contributed by atoms with Gasteiger partial charge >= 0.3 is 0 Å². The summed E-state index contributed by atoms with van der Waals surface area (Å²) in [4.78, 5) is 12.4. The van der Waals surface area contributed by atoms with Crippen LogP contribution in [0.25, 0.3) is 0 Å². The normalized spacial score (nSPS) is 11.8. The molecule has 1 N–H and O–H groups in total. The van der Waals surface area contributed by atoms with Crippen molar-refractivity contribution in [2.24, 2.45) is 0 Å². The van der Waals surface area contributed by atoms with Gasteiger partial charge in [0.25, 0.3) is 5.91 Å². The molecule has 0 fully saturated rings. The van der Waals surface area contributed by atoms with Crippen molar-refractivity contribution in [3.63, 3.8) is 0 Å². The molecule has 0 radical (unpaired) electrons. The Balaban J connectivity index is 1.75. The van der Waals surface area contributed by atoms with Gasteiger partial charge in [-0.25, -0.2) is 0 Å². The molecule has 26 heavy (non-hydrogen) atoms. The van der Waals surface area contributed by atoms with E-state index in [1.807, 2.05) is 57.2 Å². The molecule has 0 aliphatic carbocycles. The van der Waals surface area contributed by atoms with E-state index in [9.17, 15) is 4.79 Å². The first-order valence-electron chi connectivity index (χ1n) is 8.83. The number of aryl methyl sites for hydroxylation is 2. The Morgan fingerprint density at radius 3 is 2.54 bits per heavy atom. The second-order valence-electron chi connectivity index (χ2n) is 6.27. The van der Waals surface area contributed by atoms with Gasteiger partial charge in [-0.3, -0.25) is 4.79 Å². The van der Waals surface area contributed by atoms with E-state index in [2.05, 4.69) is 11.4 Å². The average molecular weight is 392 g/mol. The highest BCUT2D eigenvalue weighted by Crippen LogP contribution is 2.21. The van der Waals surface area contributed by atoms with Crippen LogP contribution in [0.5, 0.6) is 5.75 Å². The van der Waals surface area contributed by atoms with Crippen LogP contribution >= 0.6 is 23.4 Å². The molecule has 0 aliphatic rings. The highest BCUT2D eigenvalue weighted by atomic mass is 35.5. The van der Waals surface area contributed by atoms with Gasteiger partial charge in [0.05, 0.1) is 0 Å². The minimum Gasteiger partial charge on any atom is -0.481 e. The van der Waals surface area contributed by atoms with Crippen molar-refractivity contribution < 1.29 is 9.53 Å². The van der Waals surface area contributed by atoms with E-state index in [1.165, 1.54) is 0 Å². The van der Waals surface area contributed by atoms with Crippen molar-refractivity contribution in [1.29, 1.82) is 0 Å². The number of ether oxygens (including phenoxy) is 1. The van der Waals surface area contributed by atoms with Crippen LogP contribution in [-0.4, -0.2) is 24.3 Å². The van der Waals surface area contributed by atoms with Gasteiger partial charge in [-0.2, -0.15) is 11.8 Å². The van der Waals surface area contributed by atoms with Crippen LogP contribution < -0.4 is 10.1 Å². The Labute approximate surface area is 165 Å². The van der Waals surface area contributed by atoms with Gasteiger partial charge < -0.3 is 10.1 Å². The predicted molar refractivity (Wildman–Crippen MR) is 111 cm³/mol. The largest absolute Gasteiger partial charge is 0.481 e. The molecule has 0 heterocycles. The maximum Gasteiger partial charge on any atom is 0.261 e. The Morgan fingerprint density at radius 2 is 1.88 bits per heavy atom. The molecule has 0 spiro atoms. The summed E-state index contributed by atoms with van der Waals surface area (Å²) in [5, 5.41) is 3.76. The number of hydrogen-bond donors (Lipinski definition) is 1. The van der Waals surface area contributed by atoms with Gasteiger partial charge in [0.1, 0.15) is 5.75 Å². The molecule has 1 amide bonds. The summed E-state index contributed by atoms with van der Waals surface area (Å²) in [5.74, 6) is 2.35. The number of rotatable bonds is 9. The van der Waals surface area contributed by atoms with Crippen molar-refractivity contribution in [2.45, 2.75) is 39.0 Å². The first-order chi connectivity index (χ1) is 12.5. The quantitative estimate of drug-likeness (QED) is 0.599. The molecule has 0 saturated carbocycles. The van der Waals surface area contributed by atoms with Gasteiger partial charge in [-0.15, -0.1) is 0 Å². The smallest absolute Gasteiger partial charge is 0.261 e. The highest BCUT2D eigenvalue weighted by molar-refractivity contribution is 7.98. The van der Waals surface area contributed by atoms with Crippen molar-refractivity contribution in [3.05, 3.63) is 64.2 Å². The summed E-state index contributed by atoms with van der Waals surface area (Å²) >= 11 is 7.90. The lowest BCUT2D eigenvalue weighted by molar-refractivity contribution is -0.127. The predicted octanol–water partition coefficient (Wildman–Crippen LogP) is 5.16. The lowest BCUT2D eigenvalue weighted by atomic mass is 10.1. The molecule has 0 aromatic heterocycles. The second kappa shape index (κ2) is 10.5. The van der Waals surface area contributed by atoms with E-state index in [0.29, 0.717) is 13.0 Å². The summed E-state index contributed by atoms with van der Waals surface area (Å²) in [6.07, 6.45) is 0.163. The van der Waals surface area contributed by atoms with Crippen molar-refractivity contribution in [2.75, 3.05) is 12.3 Å². The SMILES string of the molecule is CC[C@@H](Oc1cc(C)cc(C)c1)C(=O)NCCSCc1ccccc1Cl. The molecular weight excluding hydrogens is 366 g/mol. The number of amides is 1. The third-order valence-electron chi connectivity index (χ3n) is 3.90. The Hall–Kier alpha value is -1.65. The molecule has 140 valence electrons. The molecule has 0 bridgehead atoms. The molecule has 1 atom stereocenters. The fourth-order valence-corrected chi connectivity index (χ4v) is 3.79. The monoisotopic (exact) mass is 391 g/mol. The zero-order valence-electron chi connectivity index (χ0n) is 15.5. The van der Waals surface area contributed by atoms with Gasteiger partial charge in [-0.05, 0) is 55.2 Å². The number of benzene rings is 2. The standard InChI is InChI=1S/C21H26ClNO2S/c1-4-20(25-18-12-15(2)11-16(3)13-18)21(24)23-9-10-26-14-17-7-5-6-8-19(17)22/h5-8,11-13,20H,4,9-10,14H2,1-3H3,(H,23,24)/t20-/m1/s1. The van der Waals surface area contributed by atoms with Crippen LogP contribution in [-0.2, 0) is 10.5 Å². The highest BCUT2D eigenvalue weighted by Gasteiger charge is 2.18. The third kappa shape index (κ3) is 6.58. The van der Waals surface area contributed by atoms with E-state index in [4.69, 9.17) is 16.3 Å². The van der Waals surface area contributed by atoms with Crippen LogP contribution in [0.1, 0.15) is 30.0 Å². The maximum atomic E-state index is 12.4. The fourth-order valence-electron chi connectivity index (χ4n) is 2.65. The maximum absolute atomic E-state index is 12.4. The Kier molecular flexibility index (Phi) is 8.33. The Morgan fingerprint density at radius 1 is 1.19 bits per heavy atom. The van der Waals surface area contributed by atoms with Crippen LogP contribution in [0.4, 0.5) is 0 Å². The van der Waals surface area contributed by atoms with E-state index in [1.54, 1.807) is 11.8 Å². The second-order valence-corrected chi connectivity index (χ2v) is 7.79. The molecule has 0 aliphatic heterocycles. The van der Waals surface area contributed by atoms with E-state index < -0.39 is 6.10 Å². The summed E-state index contributed by atoms with van der Waals surface area (Å²) in [5.41, 5.74) is 3.38. The van der Waals surface area contributed by atoms with Gasteiger partial charge in [0, 0.05) is 23.1 Å². The van der Waals surface area contributed by atoms with Crippen molar-refractivity contribution in [3.8, 4) is 5.75 Å². The zero-order valence-corrected chi connectivity index (χ0v) is 17.1. The van der Waals surface area contributed by atoms with Crippen LogP contribution in [0.2, 0.25) is 5.02 Å². The minimum atomic E-state index is -0.468. The summed E-state index contributed by atoms with van der Waals surface area (Å²) in [6, 6.07) is 13.8. The zero-order chi connectivity index (χ0) is 18.9. The lowest BCUT2D eigenvalue weighted by Crippen LogP contribution is -2.39. The molecule has 5 heteroatoms. The topological polar surface area (TPSA) is 38.3 Å². The summed E-state index contributed by atoms with van der Waals surface area (Å²) in [6.45, 7) is 6.62. The average Bonchev–Trinajstić information content (AvgIpc) is 2.60. The van der Waals surface area contributed by atoms with Crippen molar-refractivity contribution in [1.82, 2.24) is 5.32 Å². The van der Waals surface area contributed by atoms with Gasteiger partial charge in [-0.1, -0.05) is 42.8 Å². The number of carbonyl (C=O) groups is 1. The minimum absolute atomic E-state index is 0.0648. The van der Waals surface area contributed by atoms with Crippen LogP contribution in [0, 0.1) is 13.8 Å². The number of carbonyl (C=O) groups excluding carboxylic acids is 1. The number of nitrogens with one attached hydrogen (secondary N) is 1. The van der Waals surface area contributed by atoms with Gasteiger partial charge in [0.2, 0.25) is 0 Å². The molecule has 2 rings (SSSR count). The molecule has 3 nitrogen and oxygen atoms in total. The van der Waals surface area contributed by atoms with Crippen LogP contribution in [0.3, 0.4) is 0 Å². The summed E-state index contributed by atoms with van der Waals surface area (Å²) < 4.78 is 5.89. The molecule has 0 unspecified atom stereocenters. The number of thioether (sulfide) groups is 1. The van der Waals surface area contributed by atoms with E-state index in [0.717, 1.165) is 39.0 Å². The molecule has 2 aromatic rings. The number of hydrogen-bond acceptors (Lipinski definition) is 3. The first-order valence-corrected chi connectivity index (χ1v) is 10.4. The van der Waals surface area contributed by atoms with E-state index >= 15 is 0 Å². The van der Waals surface area contributed by atoms with E-state index in [-0.39, 0.29) is 5.91 Å². The number of halogens is 1. The molecule has 0 saturated heterocycles. The summed E-state index contributed by atoms with van der Waals surface area (Å²) in [7, 11) is 0. The molecular formula is C21H26ClNO2S. The van der Waals surface area contributed by atoms with Crippen molar-refractivity contribution >= 4 is 29.3 Å². The Bertz CT molecular complexity index is 715. The van der Waals surface area contributed by atoms with Gasteiger partial charge in [0.15, 0.2) is 6.10 Å². The first kappa shape index (κ1) is 20.7. The fraction of sp³-hybridized carbons (Fsp3) is 0.381.